The summed E-state index contributed by atoms with van der Waals surface area (Å²) in [4.78, 5) is 11.4. The molecule has 2 atom stereocenters. The van der Waals surface area contributed by atoms with Crippen LogP contribution >= 0.6 is 0 Å². The van der Waals surface area contributed by atoms with E-state index in [4.69, 9.17) is 9.47 Å². The van der Waals surface area contributed by atoms with E-state index in [2.05, 4.69) is 26.8 Å². The average molecular weight is 278 g/mol. The van der Waals surface area contributed by atoms with Crippen LogP contribution in [0.3, 0.4) is 0 Å². The third-order valence-corrected chi connectivity index (χ3v) is 4.80. The first-order valence-electron chi connectivity index (χ1n) is 7.51. The summed E-state index contributed by atoms with van der Waals surface area (Å²) >= 11 is 0. The fourth-order valence-electron chi connectivity index (χ4n) is 3.58. The van der Waals surface area contributed by atoms with Crippen LogP contribution in [0.4, 0.5) is 0 Å². The van der Waals surface area contributed by atoms with Gasteiger partial charge in [-0.1, -0.05) is 19.9 Å². The molecular formula is C17H26O3. The first-order chi connectivity index (χ1) is 9.26. The van der Waals surface area contributed by atoms with Gasteiger partial charge in [-0.3, -0.25) is 0 Å². The Kier molecular flexibility index (Phi) is 3.85. The molecule has 0 aromatic carbocycles. The molecule has 0 amide bonds. The van der Waals surface area contributed by atoms with Crippen molar-refractivity contribution in [2.24, 2.45) is 5.41 Å². The van der Waals surface area contributed by atoms with Crippen LogP contribution in [0.1, 0.15) is 53.9 Å². The van der Waals surface area contributed by atoms with Gasteiger partial charge in [0.25, 0.3) is 0 Å². The fraction of sp³-hybridized carbons (Fsp3) is 0.706. The number of carbonyl (C=O) groups excluding carboxylic acids is 1. The third kappa shape index (κ3) is 2.44. The average Bonchev–Trinajstić information content (AvgIpc) is 2.95. The van der Waals surface area contributed by atoms with Gasteiger partial charge in [-0.25, -0.2) is 4.79 Å². The van der Waals surface area contributed by atoms with E-state index in [0.29, 0.717) is 6.61 Å². The highest BCUT2D eigenvalue weighted by molar-refractivity contribution is 5.83. The molecule has 0 bridgehead atoms. The van der Waals surface area contributed by atoms with E-state index >= 15 is 0 Å². The zero-order valence-electron chi connectivity index (χ0n) is 13.3. The van der Waals surface area contributed by atoms with Crippen LogP contribution in [-0.2, 0) is 14.3 Å². The molecule has 0 aromatic rings. The molecule has 2 fully saturated rings. The van der Waals surface area contributed by atoms with Crippen molar-refractivity contribution in [3.05, 3.63) is 23.8 Å². The van der Waals surface area contributed by atoms with Gasteiger partial charge in [0.1, 0.15) is 5.60 Å². The van der Waals surface area contributed by atoms with Crippen molar-refractivity contribution in [2.75, 3.05) is 6.61 Å². The van der Waals surface area contributed by atoms with E-state index in [9.17, 15) is 4.79 Å². The Hall–Kier alpha value is -1.09. The van der Waals surface area contributed by atoms with Gasteiger partial charge in [-0.05, 0) is 51.7 Å². The molecule has 2 rings (SSSR count). The lowest BCUT2D eigenvalue weighted by Gasteiger charge is -2.36. The number of hydrogen-bond donors (Lipinski definition) is 0. The summed E-state index contributed by atoms with van der Waals surface area (Å²) in [5.41, 5.74) is 0.829. The van der Waals surface area contributed by atoms with E-state index in [1.54, 1.807) is 0 Å². The van der Waals surface area contributed by atoms with Crippen molar-refractivity contribution < 1.29 is 14.3 Å². The summed E-state index contributed by atoms with van der Waals surface area (Å²) in [5.74, 6) is -0.283. The second-order valence-corrected chi connectivity index (χ2v) is 6.78. The van der Waals surface area contributed by atoms with Crippen LogP contribution in [0.15, 0.2) is 23.8 Å². The third-order valence-electron chi connectivity index (χ3n) is 4.80. The van der Waals surface area contributed by atoms with Crippen molar-refractivity contribution in [2.45, 2.75) is 65.1 Å². The van der Waals surface area contributed by atoms with E-state index in [0.717, 1.165) is 12.0 Å². The highest BCUT2D eigenvalue weighted by Crippen LogP contribution is 2.66. The molecular weight excluding hydrogens is 252 g/mol. The van der Waals surface area contributed by atoms with Crippen LogP contribution in [0.5, 0.6) is 0 Å². The van der Waals surface area contributed by atoms with Crippen LogP contribution in [-0.4, -0.2) is 23.8 Å². The Morgan fingerprint density at radius 2 is 2.00 bits per heavy atom. The fourth-order valence-corrected chi connectivity index (χ4v) is 3.58. The SMILES string of the molecule is CCOC(=O)/C=C(C)\C=C\[C@@]12O[C@]1(C)CCCC2(C)C. The molecule has 1 aliphatic heterocycles. The van der Waals surface area contributed by atoms with Gasteiger partial charge in [-0.2, -0.15) is 0 Å². The van der Waals surface area contributed by atoms with Crippen molar-refractivity contribution in [1.29, 1.82) is 0 Å². The molecule has 1 saturated carbocycles. The minimum atomic E-state index is -0.283. The molecule has 0 radical (unpaired) electrons. The number of rotatable bonds is 4. The second kappa shape index (κ2) is 5.03. The summed E-state index contributed by atoms with van der Waals surface area (Å²) in [7, 11) is 0. The molecule has 0 spiro atoms. The topological polar surface area (TPSA) is 38.8 Å². The highest BCUT2D eigenvalue weighted by Gasteiger charge is 2.73. The lowest BCUT2D eigenvalue weighted by atomic mass is 9.64. The maximum absolute atomic E-state index is 11.4. The van der Waals surface area contributed by atoms with Gasteiger partial charge in [0, 0.05) is 11.5 Å². The van der Waals surface area contributed by atoms with E-state index in [1.807, 2.05) is 19.9 Å². The Balaban J connectivity index is 2.13. The lowest BCUT2D eigenvalue weighted by Crippen LogP contribution is -2.41. The number of fused-ring (bicyclic) bond motifs is 1. The molecule has 3 nitrogen and oxygen atoms in total. The minimum Gasteiger partial charge on any atom is -0.463 e. The molecule has 1 heterocycles. The van der Waals surface area contributed by atoms with Gasteiger partial charge < -0.3 is 9.47 Å². The van der Waals surface area contributed by atoms with Gasteiger partial charge in [0.05, 0.1) is 12.2 Å². The largest absolute Gasteiger partial charge is 0.463 e. The zero-order valence-corrected chi connectivity index (χ0v) is 13.3. The van der Waals surface area contributed by atoms with Crippen molar-refractivity contribution in [1.82, 2.24) is 0 Å². The minimum absolute atomic E-state index is 0.0323. The maximum atomic E-state index is 11.4. The predicted molar refractivity (Wildman–Crippen MR) is 79.4 cm³/mol. The first-order valence-corrected chi connectivity index (χ1v) is 7.51. The Morgan fingerprint density at radius 3 is 2.60 bits per heavy atom. The molecule has 20 heavy (non-hydrogen) atoms. The number of hydrogen-bond acceptors (Lipinski definition) is 3. The lowest BCUT2D eigenvalue weighted by molar-refractivity contribution is -0.137. The van der Waals surface area contributed by atoms with Crippen LogP contribution in [0.25, 0.3) is 0 Å². The number of ether oxygens (including phenoxy) is 2. The summed E-state index contributed by atoms with van der Waals surface area (Å²) < 4.78 is 11.1. The van der Waals surface area contributed by atoms with Crippen molar-refractivity contribution in [3.8, 4) is 0 Å². The highest BCUT2D eigenvalue weighted by atomic mass is 16.6. The van der Waals surface area contributed by atoms with E-state index < -0.39 is 0 Å². The van der Waals surface area contributed by atoms with Crippen molar-refractivity contribution >= 4 is 5.97 Å². The Labute approximate surface area is 122 Å². The second-order valence-electron chi connectivity index (χ2n) is 6.78. The molecule has 112 valence electrons. The summed E-state index contributed by atoms with van der Waals surface area (Å²) in [6, 6.07) is 0. The van der Waals surface area contributed by atoms with Gasteiger partial charge in [0.15, 0.2) is 0 Å². The number of esters is 1. The smallest absolute Gasteiger partial charge is 0.330 e. The van der Waals surface area contributed by atoms with Crippen LogP contribution in [0.2, 0.25) is 0 Å². The quantitative estimate of drug-likeness (QED) is 0.340. The van der Waals surface area contributed by atoms with Crippen molar-refractivity contribution in [3.63, 3.8) is 0 Å². The predicted octanol–water partition coefficient (Wildman–Crippen LogP) is 3.79. The number of allylic oxidation sites excluding steroid dienone is 2. The standard InChI is InChI=1S/C17H26O3/c1-6-19-14(18)12-13(2)8-11-17-15(3,4)9-7-10-16(17,5)20-17/h8,11-12H,6-7,9-10H2,1-5H3/b11-8+,13-12-/t16-,17+/m1/s1. The molecule has 1 saturated heterocycles. The summed E-state index contributed by atoms with van der Waals surface area (Å²) in [5, 5.41) is 0. The molecule has 0 N–H and O–H groups in total. The summed E-state index contributed by atoms with van der Waals surface area (Å²) in [6.45, 7) is 10.9. The molecule has 0 aromatic heterocycles. The van der Waals surface area contributed by atoms with Crippen LogP contribution in [0, 0.1) is 5.41 Å². The monoisotopic (exact) mass is 278 g/mol. The van der Waals surface area contributed by atoms with E-state index in [1.165, 1.54) is 18.9 Å². The normalized spacial score (nSPS) is 35.8. The number of epoxide rings is 1. The molecule has 2 aliphatic rings. The van der Waals surface area contributed by atoms with Gasteiger partial charge in [0.2, 0.25) is 0 Å². The maximum Gasteiger partial charge on any atom is 0.330 e. The first kappa shape index (κ1) is 15.3. The van der Waals surface area contributed by atoms with E-state index in [-0.39, 0.29) is 22.6 Å². The van der Waals surface area contributed by atoms with Crippen LogP contribution < -0.4 is 0 Å². The molecule has 0 unspecified atom stereocenters. The molecule has 1 aliphatic carbocycles. The Morgan fingerprint density at radius 1 is 1.30 bits per heavy atom. The van der Waals surface area contributed by atoms with Gasteiger partial charge in [-0.15, -0.1) is 0 Å². The Bertz CT molecular complexity index is 461. The molecule has 3 heteroatoms. The zero-order chi connectivity index (χ0) is 15.0. The number of carbonyl (C=O) groups is 1. The summed E-state index contributed by atoms with van der Waals surface area (Å²) in [6.07, 6.45) is 9.18. The van der Waals surface area contributed by atoms with Gasteiger partial charge >= 0.3 is 5.97 Å².